The number of hydrogen-bond donors (Lipinski definition) is 1. The van der Waals surface area contributed by atoms with Crippen molar-refractivity contribution in [3.05, 3.63) is 46.4 Å². The second-order valence-corrected chi connectivity index (χ2v) is 6.49. The molecule has 0 saturated heterocycles. The second-order valence-electron chi connectivity index (χ2n) is 5.64. The lowest BCUT2D eigenvalue weighted by Gasteiger charge is -2.21. The summed E-state index contributed by atoms with van der Waals surface area (Å²) in [6.07, 6.45) is 0. The fourth-order valence-electron chi connectivity index (χ4n) is 1.65. The van der Waals surface area contributed by atoms with Crippen molar-refractivity contribution in [1.29, 1.82) is 0 Å². The third-order valence-electron chi connectivity index (χ3n) is 2.60. The highest BCUT2D eigenvalue weighted by atomic mass is 79.9. The van der Waals surface area contributed by atoms with Crippen molar-refractivity contribution >= 4 is 21.6 Å². The summed E-state index contributed by atoms with van der Waals surface area (Å²) in [6, 6.07) is 11.4. The van der Waals surface area contributed by atoms with E-state index < -0.39 is 0 Å². The molecule has 2 N–H and O–H groups in total. The van der Waals surface area contributed by atoms with Gasteiger partial charge >= 0.3 is 0 Å². The van der Waals surface area contributed by atoms with Crippen LogP contribution in [0.3, 0.4) is 0 Å². The smallest absolute Gasteiger partial charge is 0.241 e. The minimum Gasteiger partial charge on any atom is -0.473 e. The highest BCUT2D eigenvalue weighted by Crippen LogP contribution is 2.26. The highest BCUT2D eigenvalue weighted by Gasteiger charge is 2.16. The van der Waals surface area contributed by atoms with Crippen molar-refractivity contribution < 1.29 is 9.47 Å². The third-order valence-corrected chi connectivity index (χ3v) is 3.37. The van der Waals surface area contributed by atoms with Crippen LogP contribution in [0.25, 0.3) is 0 Å². The molecule has 0 radical (unpaired) electrons. The summed E-state index contributed by atoms with van der Waals surface area (Å²) in [7, 11) is 0. The molecule has 5 heteroatoms. The topological polar surface area (TPSA) is 57.4 Å². The van der Waals surface area contributed by atoms with Gasteiger partial charge in [0.15, 0.2) is 0 Å². The maximum Gasteiger partial charge on any atom is 0.241 e. The summed E-state index contributed by atoms with van der Waals surface area (Å²) in [6.45, 7) is 6.27. The predicted octanol–water partition coefficient (Wildman–Crippen LogP) is 4.18. The first kappa shape index (κ1) is 15.6. The Balaban J connectivity index is 2.11. The number of anilines is 1. The van der Waals surface area contributed by atoms with Crippen LogP contribution in [0.4, 0.5) is 5.69 Å². The van der Waals surface area contributed by atoms with Gasteiger partial charge in [0, 0.05) is 16.1 Å². The van der Waals surface area contributed by atoms with Crippen LogP contribution in [0, 0.1) is 0 Å². The van der Waals surface area contributed by atoms with Crippen molar-refractivity contribution in [2.45, 2.75) is 33.0 Å². The number of nitrogen functional groups attached to an aromatic ring is 1. The molecule has 0 bridgehead atoms. The predicted molar refractivity (Wildman–Crippen MR) is 87.5 cm³/mol. The normalized spacial score (nSPS) is 11.2. The lowest BCUT2D eigenvalue weighted by Crippen LogP contribution is -2.24. The molecule has 4 nitrogen and oxygen atoms in total. The molecule has 1 aromatic heterocycles. The van der Waals surface area contributed by atoms with E-state index in [1.807, 2.05) is 45.0 Å². The molecule has 21 heavy (non-hydrogen) atoms. The van der Waals surface area contributed by atoms with Gasteiger partial charge in [0.2, 0.25) is 11.8 Å². The number of rotatable bonds is 4. The summed E-state index contributed by atoms with van der Waals surface area (Å²) in [5, 5.41) is 0. The summed E-state index contributed by atoms with van der Waals surface area (Å²) < 4.78 is 12.4. The summed E-state index contributed by atoms with van der Waals surface area (Å²) in [5.41, 5.74) is 7.07. The lowest BCUT2D eigenvalue weighted by molar-refractivity contribution is 0.123. The van der Waals surface area contributed by atoms with Gasteiger partial charge in [-0.2, -0.15) is 4.98 Å². The van der Waals surface area contributed by atoms with E-state index in [9.17, 15) is 0 Å². The Morgan fingerprint density at radius 1 is 1.14 bits per heavy atom. The molecule has 0 aliphatic rings. The molecule has 0 amide bonds. The van der Waals surface area contributed by atoms with Crippen LogP contribution in [0.1, 0.15) is 26.3 Å². The number of ether oxygens (including phenoxy) is 2. The van der Waals surface area contributed by atoms with E-state index in [0.29, 0.717) is 24.1 Å². The van der Waals surface area contributed by atoms with Gasteiger partial charge in [-0.15, -0.1) is 0 Å². The van der Waals surface area contributed by atoms with E-state index in [1.165, 1.54) is 0 Å². The van der Waals surface area contributed by atoms with Crippen LogP contribution in [0.15, 0.2) is 40.9 Å². The minimum atomic E-state index is -0.359. The Morgan fingerprint density at radius 3 is 2.52 bits per heavy atom. The molecule has 0 spiro atoms. The first-order chi connectivity index (χ1) is 9.85. The van der Waals surface area contributed by atoms with Gasteiger partial charge in [0.25, 0.3) is 0 Å². The SMILES string of the molecule is CC(C)(C)Oc1nc(OCc2ccccc2Br)ccc1N. The maximum atomic E-state index is 5.88. The summed E-state index contributed by atoms with van der Waals surface area (Å²) in [5.74, 6) is 0.881. The molecule has 112 valence electrons. The average Bonchev–Trinajstić information content (AvgIpc) is 2.39. The molecule has 0 aliphatic carbocycles. The molecule has 1 aromatic carbocycles. The Morgan fingerprint density at radius 2 is 1.86 bits per heavy atom. The zero-order valence-corrected chi connectivity index (χ0v) is 14.0. The number of nitrogens with zero attached hydrogens (tertiary/aromatic N) is 1. The number of benzene rings is 1. The molecular formula is C16H19BrN2O2. The van der Waals surface area contributed by atoms with E-state index >= 15 is 0 Å². The lowest BCUT2D eigenvalue weighted by atomic mass is 10.2. The van der Waals surface area contributed by atoms with Crippen LogP contribution < -0.4 is 15.2 Å². The molecular weight excluding hydrogens is 332 g/mol. The van der Waals surface area contributed by atoms with Gasteiger partial charge < -0.3 is 15.2 Å². The largest absolute Gasteiger partial charge is 0.473 e. The zero-order valence-electron chi connectivity index (χ0n) is 12.4. The van der Waals surface area contributed by atoms with Crippen molar-refractivity contribution in [1.82, 2.24) is 4.98 Å². The van der Waals surface area contributed by atoms with Crippen molar-refractivity contribution in [3.63, 3.8) is 0 Å². The Hall–Kier alpha value is -1.75. The molecule has 0 saturated carbocycles. The van der Waals surface area contributed by atoms with Crippen LogP contribution in [-0.2, 0) is 6.61 Å². The monoisotopic (exact) mass is 350 g/mol. The Kier molecular flexibility index (Phi) is 4.73. The number of pyridine rings is 1. The van der Waals surface area contributed by atoms with Gasteiger partial charge in [-0.05, 0) is 32.9 Å². The van der Waals surface area contributed by atoms with E-state index in [2.05, 4.69) is 20.9 Å². The third kappa shape index (κ3) is 4.63. The average molecular weight is 351 g/mol. The van der Waals surface area contributed by atoms with Gasteiger partial charge in [-0.25, -0.2) is 0 Å². The molecule has 2 aromatic rings. The van der Waals surface area contributed by atoms with Crippen LogP contribution >= 0.6 is 15.9 Å². The molecule has 0 aliphatic heterocycles. The highest BCUT2D eigenvalue weighted by molar-refractivity contribution is 9.10. The van der Waals surface area contributed by atoms with Crippen LogP contribution in [0.2, 0.25) is 0 Å². The number of nitrogens with two attached hydrogens (primary N) is 1. The van der Waals surface area contributed by atoms with Gasteiger partial charge in [0.1, 0.15) is 12.2 Å². The number of halogens is 1. The van der Waals surface area contributed by atoms with Gasteiger partial charge in [-0.1, -0.05) is 34.1 Å². The van der Waals surface area contributed by atoms with Crippen molar-refractivity contribution in [2.24, 2.45) is 0 Å². The molecule has 0 unspecified atom stereocenters. The summed E-state index contributed by atoms with van der Waals surface area (Å²) >= 11 is 3.49. The number of hydrogen-bond acceptors (Lipinski definition) is 4. The Labute approximate surface area is 133 Å². The van der Waals surface area contributed by atoms with Crippen LogP contribution in [-0.4, -0.2) is 10.6 Å². The molecule has 0 atom stereocenters. The first-order valence-corrected chi connectivity index (χ1v) is 7.46. The van der Waals surface area contributed by atoms with Gasteiger partial charge in [-0.3, -0.25) is 0 Å². The Bertz CT molecular complexity index is 624. The first-order valence-electron chi connectivity index (χ1n) is 6.67. The minimum absolute atomic E-state index is 0.359. The molecule has 0 fully saturated rings. The quantitative estimate of drug-likeness (QED) is 0.898. The number of aromatic nitrogens is 1. The van der Waals surface area contributed by atoms with Crippen molar-refractivity contribution in [2.75, 3.05) is 5.73 Å². The van der Waals surface area contributed by atoms with E-state index in [-0.39, 0.29) is 5.60 Å². The van der Waals surface area contributed by atoms with Crippen LogP contribution in [0.5, 0.6) is 11.8 Å². The standard InChI is InChI=1S/C16H19BrN2O2/c1-16(2,3)21-15-13(18)8-9-14(19-15)20-10-11-6-4-5-7-12(11)17/h4-9H,10,18H2,1-3H3. The van der Waals surface area contributed by atoms with E-state index in [4.69, 9.17) is 15.2 Å². The van der Waals surface area contributed by atoms with Crippen molar-refractivity contribution in [3.8, 4) is 11.8 Å². The van der Waals surface area contributed by atoms with Gasteiger partial charge in [0.05, 0.1) is 5.69 Å². The summed E-state index contributed by atoms with van der Waals surface area (Å²) in [4.78, 5) is 4.32. The molecule has 2 rings (SSSR count). The maximum absolute atomic E-state index is 5.88. The fourth-order valence-corrected chi connectivity index (χ4v) is 2.05. The second kappa shape index (κ2) is 6.35. The van der Waals surface area contributed by atoms with E-state index in [0.717, 1.165) is 10.0 Å². The molecule has 1 heterocycles. The van der Waals surface area contributed by atoms with E-state index in [1.54, 1.807) is 12.1 Å². The zero-order chi connectivity index (χ0) is 15.5. The fraction of sp³-hybridized carbons (Fsp3) is 0.312.